The van der Waals surface area contributed by atoms with Crippen LogP contribution in [0.15, 0.2) is 18.2 Å². The topological polar surface area (TPSA) is 21.3 Å². The second kappa shape index (κ2) is 9.54. The maximum Gasteiger partial charge on any atom is 0.123 e. The molecule has 0 radical (unpaired) electrons. The zero-order valence-electron chi connectivity index (χ0n) is 11.2. The molecule has 0 bridgehead atoms. The van der Waals surface area contributed by atoms with Crippen LogP contribution in [0, 0.1) is 0 Å². The monoisotopic (exact) mass is 287 g/mol. The van der Waals surface area contributed by atoms with Crippen molar-refractivity contribution in [2.24, 2.45) is 0 Å². The number of hydrogen-bond donors (Lipinski definition) is 1. The van der Waals surface area contributed by atoms with Crippen LogP contribution < -0.4 is 10.1 Å². The van der Waals surface area contributed by atoms with E-state index < -0.39 is 0 Å². The van der Waals surface area contributed by atoms with E-state index >= 15 is 0 Å². The van der Waals surface area contributed by atoms with E-state index in [1.165, 1.54) is 5.75 Å². The zero-order chi connectivity index (χ0) is 13.2. The molecule has 1 N–H and O–H groups in total. The molecule has 0 aliphatic carbocycles. The van der Waals surface area contributed by atoms with Crippen LogP contribution in [-0.2, 0) is 6.54 Å². The van der Waals surface area contributed by atoms with Crippen molar-refractivity contribution in [3.63, 3.8) is 0 Å². The molecule has 0 spiro atoms. The van der Waals surface area contributed by atoms with Crippen LogP contribution in [0.25, 0.3) is 0 Å². The molecule has 0 aliphatic heterocycles. The van der Waals surface area contributed by atoms with E-state index in [1.54, 1.807) is 0 Å². The van der Waals surface area contributed by atoms with E-state index in [1.807, 2.05) is 30.0 Å². The molecule has 0 atom stereocenters. The fourth-order valence-corrected chi connectivity index (χ4v) is 2.38. The van der Waals surface area contributed by atoms with Gasteiger partial charge < -0.3 is 10.1 Å². The average molecular weight is 288 g/mol. The van der Waals surface area contributed by atoms with Gasteiger partial charge in [-0.05, 0) is 42.7 Å². The maximum atomic E-state index is 6.01. The molecule has 2 nitrogen and oxygen atoms in total. The Balaban J connectivity index is 2.47. The second-order valence-electron chi connectivity index (χ2n) is 3.93. The Morgan fingerprint density at radius 1 is 1.33 bits per heavy atom. The lowest BCUT2D eigenvalue weighted by Gasteiger charge is -2.12. The normalized spacial score (nSPS) is 10.6. The van der Waals surface area contributed by atoms with Crippen molar-refractivity contribution in [2.75, 3.05) is 24.7 Å². The van der Waals surface area contributed by atoms with Gasteiger partial charge in [0.15, 0.2) is 0 Å². The molecule has 18 heavy (non-hydrogen) atoms. The van der Waals surface area contributed by atoms with E-state index in [0.29, 0.717) is 0 Å². The molecule has 0 amide bonds. The Morgan fingerprint density at radius 3 is 2.89 bits per heavy atom. The number of halogens is 1. The first-order chi connectivity index (χ1) is 8.77. The van der Waals surface area contributed by atoms with Gasteiger partial charge in [-0.3, -0.25) is 0 Å². The Morgan fingerprint density at radius 2 is 2.17 bits per heavy atom. The summed E-state index contributed by atoms with van der Waals surface area (Å²) in [6, 6.07) is 5.81. The van der Waals surface area contributed by atoms with E-state index in [9.17, 15) is 0 Å². The first-order valence-electron chi connectivity index (χ1n) is 6.47. The molecule has 102 valence electrons. The van der Waals surface area contributed by atoms with Gasteiger partial charge in [-0.2, -0.15) is 11.8 Å². The molecule has 1 aromatic carbocycles. The Kier molecular flexibility index (Phi) is 8.31. The highest BCUT2D eigenvalue weighted by Gasteiger charge is 2.04. The lowest BCUT2D eigenvalue weighted by molar-refractivity contribution is 0.314. The molecule has 4 heteroatoms. The van der Waals surface area contributed by atoms with E-state index in [0.717, 1.165) is 48.2 Å². The van der Waals surface area contributed by atoms with Gasteiger partial charge in [-0.1, -0.05) is 25.4 Å². The maximum absolute atomic E-state index is 6.01. The fraction of sp³-hybridized carbons (Fsp3) is 0.571. The Labute approximate surface area is 119 Å². The van der Waals surface area contributed by atoms with E-state index in [2.05, 4.69) is 19.2 Å². The summed E-state index contributed by atoms with van der Waals surface area (Å²) in [5.41, 5.74) is 1.13. The molecule has 0 saturated heterocycles. The summed E-state index contributed by atoms with van der Waals surface area (Å²) in [7, 11) is 0. The third-order valence-corrected chi connectivity index (χ3v) is 3.70. The van der Waals surface area contributed by atoms with E-state index in [-0.39, 0.29) is 0 Å². The predicted octanol–water partition coefficient (Wildman–Crippen LogP) is 3.97. The summed E-state index contributed by atoms with van der Waals surface area (Å²) in [6.45, 7) is 6.79. The molecule has 1 rings (SSSR count). The van der Waals surface area contributed by atoms with Gasteiger partial charge in [0.2, 0.25) is 0 Å². The highest BCUT2D eigenvalue weighted by Crippen LogP contribution is 2.23. The molecule has 0 saturated carbocycles. The van der Waals surface area contributed by atoms with Crippen LogP contribution in [0.1, 0.15) is 25.8 Å². The number of ether oxygens (including phenoxy) is 1. The lowest BCUT2D eigenvalue weighted by atomic mass is 10.2. The molecule has 0 unspecified atom stereocenters. The van der Waals surface area contributed by atoms with Crippen LogP contribution in [-0.4, -0.2) is 24.7 Å². The molecular weight excluding hydrogens is 266 g/mol. The summed E-state index contributed by atoms with van der Waals surface area (Å²) < 4.78 is 5.82. The standard InChI is InChI=1S/C14H22ClNOS/c1-3-16-11-12-10-13(15)6-7-14(12)17-8-5-9-18-4-2/h6-7,10,16H,3-5,8-9,11H2,1-2H3. The third kappa shape index (κ3) is 5.98. The number of thioether (sulfide) groups is 1. The van der Waals surface area contributed by atoms with Crippen LogP contribution in [0.2, 0.25) is 5.02 Å². The number of rotatable bonds is 9. The van der Waals surface area contributed by atoms with Gasteiger partial charge >= 0.3 is 0 Å². The van der Waals surface area contributed by atoms with Crippen LogP contribution >= 0.6 is 23.4 Å². The molecule has 0 aromatic heterocycles. The highest BCUT2D eigenvalue weighted by atomic mass is 35.5. The predicted molar refractivity (Wildman–Crippen MR) is 81.9 cm³/mol. The number of nitrogens with one attached hydrogen (secondary N) is 1. The summed E-state index contributed by atoms with van der Waals surface area (Å²) in [6.07, 6.45) is 1.09. The van der Waals surface area contributed by atoms with Crippen LogP contribution in [0.3, 0.4) is 0 Å². The largest absolute Gasteiger partial charge is 0.493 e. The van der Waals surface area contributed by atoms with Gasteiger partial charge in [-0.25, -0.2) is 0 Å². The summed E-state index contributed by atoms with van der Waals surface area (Å²) in [5, 5.41) is 4.06. The van der Waals surface area contributed by atoms with Gasteiger partial charge in [0.1, 0.15) is 5.75 Å². The fourth-order valence-electron chi connectivity index (χ4n) is 1.57. The van der Waals surface area contributed by atoms with Crippen molar-refractivity contribution in [3.8, 4) is 5.75 Å². The number of hydrogen-bond acceptors (Lipinski definition) is 3. The van der Waals surface area contributed by atoms with Gasteiger partial charge in [0, 0.05) is 17.1 Å². The minimum absolute atomic E-state index is 0.761. The number of benzene rings is 1. The van der Waals surface area contributed by atoms with Crippen LogP contribution in [0.4, 0.5) is 0 Å². The second-order valence-corrected chi connectivity index (χ2v) is 5.76. The first kappa shape index (κ1) is 15.7. The summed E-state index contributed by atoms with van der Waals surface area (Å²) in [5.74, 6) is 3.28. The molecule has 0 fully saturated rings. The third-order valence-electron chi connectivity index (χ3n) is 2.48. The van der Waals surface area contributed by atoms with Crippen molar-refractivity contribution in [3.05, 3.63) is 28.8 Å². The zero-order valence-corrected chi connectivity index (χ0v) is 12.7. The minimum Gasteiger partial charge on any atom is -0.493 e. The first-order valence-corrected chi connectivity index (χ1v) is 8.00. The Bertz CT molecular complexity index is 347. The van der Waals surface area contributed by atoms with Crippen molar-refractivity contribution >= 4 is 23.4 Å². The average Bonchev–Trinajstić information content (AvgIpc) is 2.38. The van der Waals surface area contributed by atoms with Gasteiger partial charge in [0.25, 0.3) is 0 Å². The van der Waals surface area contributed by atoms with Gasteiger partial charge in [-0.15, -0.1) is 0 Å². The van der Waals surface area contributed by atoms with E-state index in [4.69, 9.17) is 16.3 Å². The highest BCUT2D eigenvalue weighted by molar-refractivity contribution is 7.99. The summed E-state index contributed by atoms with van der Waals surface area (Å²) >= 11 is 7.96. The Hall–Kier alpha value is -0.380. The lowest BCUT2D eigenvalue weighted by Crippen LogP contribution is -2.13. The van der Waals surface area contributed by atoms with Gasteiger partial charge in [0.05, 0.1) is 6.61 Å². The van der Waals surface area contributed by atoms with Crippen molar-refractivity contribution in [1.29, 1.82) is 0 Å². The van der Waals surface area contributed by atoms with Crippen molar-refractivity contribution in [1.82, 2.24) is 5.32 Å². The quantitative estimate of drug-likeness (QED) is 0.695. The SMILES string of the molecule is CCNCc1cc(Cl)ccc1OCCCSCC. The molecule has 0 heterocycles. The molecular formula is C14H22ClNOS. The molecule has 1 aromatic rings. The minimum atomic E-state index is 0.761. The van der Waals surface area contributed by atoms with Crippen molar-refractivity contribution in [2.45, 2.75) is 26.8 Å². The van der Waals surface area contributed by atoms with Crippen molar-refractivity contribution < 1.29 is 4.74 Å². The summed E-state index contributed by atoms with van der Waals surface area (Å²) in [4.78, 5) is 0. The van der Waals surface area contributed by atoms with Crippen LogP contribution in [0.5, 0.6) is 5.75 Å². The molecule has 0 aliphatic rings. The smallest absolute Gasteiger partial charge is 0.123 e.